The minimum atomic E-state index is -5.07. The van der Waals surface area contributed by atoms with Gasteiger partial charge >= 0.3 is 12.1 Å². The van der Waals surface area contributed by atoms with Crippen LogP contribution in [0.3, 0.4) is 0 Å². The first-order valence-electron chi connectivity index (χ1n) is 7.05. The van der Waals surface area contributed by atoms with Crippen LogP contribution in [0.25, 0.3) is 10.9 Å². The Balaban J connectivity index is 1.75. The summed E-state index contributed by atoms with van der Waals surface area (Å²) in [5.74, 6) is -2.31. The molecule has 0 atom stereocenters. The quantitative estimate of drug-likeness (QED) is 0.935. The van der Waals surface area contributed by atoms with Gasteiger partial charge in [-0.2, -0.15) is 13.2 Å². The smallest absolute Gasteiger partial charge is 0.382 e. The lowest BCUT2D eigenvalue weighted by atomic mass is 10.1. The van der Waals surface area contributed by atoms with Crippen molar-refractivity contribution in [1.29, 1.82) is 0 Å². The second-order valence-corrected chi connectivity index (χ2v) is 5.20. The molecule has 1 aliphatic heterocycles. The Kier molecular flexibility index (Phi) is 4.12. The molecule has 3 rings (SSSR count). The summed E-state index contributed by atoms with van der Waals surface area (Å²) in [6, 6.07) is 5.29. The number of benzene rings is 1. The molecule has 0 spiro atoms. The molecule has 1 N–H and O–H groups in total. The highest BCUT2D eigenvalue weighted by molar-refractivity contribution is 5.83. The molecule has 2 heterocycles. The molecule has 0 unspecified atom stereocenters. The van der Waals surface area contributed by atoms with Gasteiger partial charge in [-0.1, -0.05) is 4.85 Å². The largest absolute Gasteiger partial charge is 0.493 e. The van der Waals surface area contributed by atoms with Gasteiger partial charge in [-0.3, -0.25) is 0 Å². The topological polar surface area (TPSA) is 65.4 Å². The number of halogens is 3. The van der Waals surface area contributed by atoms with Crippen LogP contribution in [0.5, 0.6) is 0 Å². The predicted octanol–water partition coefficient (Wildman–Crippen LogP) is 2.14. The third kappa shape index (κ3) is 3.55. The summed E-state index contributed by atoms with van der Waals surface area (Å²) in [5, 5.41) is 7.57. The number of carbonyl (C=O) groups is 1. The van der Waals surface area contributed by atoms with E-state index in [4.69, 9.17) is 4.74 Å². The molecule has 1 saturated heterocycles. The number of hydrogen-bond acceptors (Lipinski definition) is 5. The van der Waals surface area contributed by atoms with Crippen LogP contribution in [0.1, 0.15) is 12.8 Å². The molecular weight excluding hydrogens is 315 g/mol. The summed E-state index contributed by atoms with van der Waals surface area (Å²) >= 11 is 0. The molecule has 9 heteroatoms. The fourth-order valence-electron chi connectivity index (χ4n) is 2.38. The Morgan fingerprint density at radius 1 is 1.35 bits per heavy atom. The minimum Gasteiger partial charge on any atom is -0.382 e. The number of carbonyl (C=O) groups excluding carboxylic acids is 1. The van der Waals surface area contributed by atoms with E-state index in [1.165, 1.54) is 6.20 Å². The van der Waals surface area contributed by atoms with Crippen LogP contribution >= 0.6 is 0 Å². The fraction of sp³-hybridized carbons (Fsp3) is 0.429. The molecule has 0 amide bonds. The molecule has 2 aromatic rings. The molecule has 1 aromatic carbocycles. The summed E-state index contributed by atoms with van der Waals surface area (Å²) in [6.07, 6.45) is -1.95. The first-order chi connectivity index (χ1) is 10.9. The van der Waals surface area contributed by atoms with E-state index in [0.717, 1.165) is 18.5 Å². The van der Waals surface area contributed by atoms with Crippen LogP contribution in [-0.4, -0.2) is 41.3 Å². The second-order valence-electron chi connectivity index (χ2n) is 5.20. The lowest BCUT2D eigenvalue weighted by molar-refractivity contribution is -0.200. The van der Waals surface area contributed by atoms with Crippen LogP contribution in [0.4, 0.5) is 18.9 Å². The monoisotopic (exact) mass is 329 g/mol. The Hall–Kier alpha value is -2.29. The average Bonchev–Trinajstić information content (AvgIpc) is 2.90. The summed E-state index contributed by atoms with van der Waals surface area (Å²) in [5.41, 5.74) is 1.10. The standard InChI is InChI=1S/C14H14F3N3O3/c15-14(16,17)13(21)23-20-12-2-1-11(7-9(12)8-18-20)19-10-3-5-22-6-4-10/h1-2,7-8,10,19H,3-6H2. The number of ether oxygens (including phenoxy) is 1. The van der Waals surface area contributed by atoms with Crippen molar-refractivity contribution in [1.82, 2.24) is 9.94 Å². The molecule has 0 saturated carbocycles. The van der Waals surface area contributed by atoms with E-state index in [1.54, 1.807) is 18.2 Å². The number of nitrogens with zero attached hydrogens (tertiary/aromatic N) is 2. The van der Waals surface area contributed by atoms with Crippen molar-refractivity contribution in [2.75, 3.05) is 18.5 Å². The number of rotatable bonds is 3. The van der Waals surface area contributed by atoms with E-state index < -0.39 is 12.1 Å². The maximum absolute atomic E-state index is 12.2. The zero-order chi connectivity index (χ0) is 16.4. The highest BCUT2D eigenvalue weighted by Gasteiger charge is 2.42. The van der Waals surface area contributed by atoms with E-state index in [2.05, 4.69) is 15.3 Å². The Bertz CT molecular complexity index is 708. The van der Waals surface area contributed by atoms with Gasteiger partial charge in [-0.15, -0.1) is 5.10 Å². The lowest BCUT2D eigenvalue weighted by Crippen LogP contribution is -2.33. The highest BCUT2D eigenvalue weighted by atomic mass is 19.4. The fourth-order valence-corrected chi connectivity index (χ4v) is 2.38. The summed E-state index contributed by atoms with van der Waals surface area (Å²) in [4.78, 5) is 15.7. The summed E-state index contributed by atoms with van der Waals surface area (Å²) < 4.78 is 42.0. The van der Waals surface area contributed by atoms with Crippen molar-refractivity contribution in [3.8, 4) is 0 Å². The van der Waals surface area contributed by atoms with Crippen LogP contribution in [-0.2, 0) is 9.53 Å². The summed E-state index contributed by atoms with van der Waals surface area (Å²) in [6.45, 7) is 1.40. The van der Waals surface area contributed by atoms with Gasteiger partial charge in [0.1, 0.15) is 5.52 Å². The number of nitrogens with one attached hydrogen (secondary N) is 1. The van der Waals surface area contributed by atoms with Crippen molar-refractivity contribution < 1.29 is 27.5 Å². The molecule has 0 bridgehead atoms. The number of anilines is 1. The van der Waals surface area contributed by atoms with E-state index in [9.17, 15) is 18.0 Å². The number of hydrogen-bond donors (Lipinski definition) is 1. The first kappa shape index (κ1) is 15.6. The van der Waals surface area contributed by atoms with E-state index in [1.807, 2.05) is 0 Å². The van der Waals surface area contributed by atoms with Crippen molar-refractivity contribution in [3.05, 3.63) is 24.4 Å². The normalized spacial score (nSPS) is 16.5. The van der Waals surface area contributed by atoms with E-state index >= 15 is 0 Å². The van der Waals surface area contributed by atoms with Crippen molar-refractivity contribution in [2.45, 2.75) is 25.1 Å². The number of alkyl halides is 3. The first-order valence-corrected chi connectivity index (χ1v) is 7.05. The van der Waals surface area contributed by atoms with Crippen molar-refractivity contribution in [3.63, 3.8) is 0 Å². The Labute approximate surface area is 129 Å². The van der Waals surface area contributed by atoms with Gasteiger partial charge in [0, 0.05) is 30.3 Å². The molecule has 0 aliphatic carbocycles. The van der Waals surface area contributed by atoms with E-state index in [0.29, 0.717) is 29.5 Å². The Morgan fingerprint density at radius 2 is 2.09 bits per heavy atom. The van der Waals surface area contributed by atoms with Crippen LogP contribution in [0.2, 0.25) is 0 Å². The van der Waals surface area contributed by atoms with Gasteiger partial charge < -0.3 is 14.9 Å². The molecule has 1 aromatic heterocycles. The van der Waals surface area contributed by atoms with Gasteiger partial charge in [0.05, 0.1) is 6.20 Å². The Morgan fingerprint density at radius 3 is 2.78 bits per heavy atom. The minimum absolute atomic E-state index is 0.278. The average molecular weight is 329 g/mol. The number of fused-ring (bicyclic) bond motifs is 1. The third-order valence-corrected chi connectivity index (χ3v) is 3.53. The van der Waals surface area contributed by atoms with E-state index in [-0.39, 0.29) is 5.52 Å². The molecule has 6 nitrogen and oxygen atoms in total. The van der Waals surface area contributed by atoms with Crippen LogP contribution in [0, 0.1) is 0 Å². The molecule has 124 valence electrons. The van der Waals surface area contributed by atoms with Gasteiger partial charge in [0.25, 0.3) is 0 Å². The maximum atomic E-state index is 12.2. The molecule has 0 radical (unpaired) electrons. The highest BCUT2D eigenvalue weighted by Crippen LogP contribution is 2.22. The molecule has 23 heavy (non-hydrogen) atoms. The van der Waals surface area contributed by atoms with Crippen molar-refractivity contribution >= 4 is 22.6 Å². The molecule has 1 fully saturated rings. The SMILES string of the molecule is O=C(On1ncc2cc(NC3CCOCC3)ccc21)C(F)(F)F. The van der Waals surface area contributed by atoms with Gasteiger partial charge in [0.2, 0.25) is 0 Å². The van der Waals surface area contributed by atoms with Crippen molar-refractivity contribution in [2.24, 2.45) is 0 Å². The second kappa shape index (κ2) is 6.07. The zero-order valence-electron chi connectivity index (χ0n) is 12.0. The summed E-state index contributed by atoms with van der Waals surface area (Å²) in [7, 11) is 0. The van der Waals surface area contributed by atoms with Crippen LogP contribution in [0.15, 0.2) is 24.4 Å². The number of aromatic nitrogens is 2. The predicted molar refractivity (Wildman–Crippen MR) is 74.8 cm³/mol. The molecule has 1 aliphatic rings. The van der Waals surface area contributed by atoms with Gasteiger partial charge in [-0.25, -0.2) is 4.79 Å². The van der Waals surface area contributed by atoms with Crippen LogP contribution < -0.4 is 10.2 Å². The lowest BCUT2D eigenvalue weighted by Gasteiger charge is -2.24. The maximum Gasteiger partial charge on any atom is 0.493 e. The molecular formula is C14H14F3N3O3. The third-order valence-electron chi connectivity index (χ3n) is 3.53. The van der Waals surface area contributed by atoms with Gasteiger partial charge in [0.15, 0.2) is 0 Å². The van der Waals surface area contributed by atoms with Gasteiger partial charge in [-0.05, 0) is 31.0 Å². The zero-order valence-corrected chi connectivity index (χ0v) is 12.0.